The fraction of sp³-hybridized carbons (Fsp3) is 0.381. The van der Waals surface area contributed by atoms with Crippen molar-refractivity contribution in [2.24, 2.45) is 5.92 Å². The van der Waals surface area contributed by atoms with Crippen LogP contribution in [0.15, 0.2) is 42.5 Å². The summed E-state index contributed by atoms with van der Waals surface area (Å²) in [5.41, 5.74) is 0.890. The number of fused-ring (bicyclic) bond motifs is 1. The van der Waals surface area contributed by atoms with Gasteiger partial charge >= 0.3 is 11.9 Å². The summed E-state index contributed by atoms with van der Waals surface area (Å²) in [7, 11) is 0. The molecule has 2 atom stereocenters. The van der Waals surface area contributed by atoms with Gasteiger partial charge in [0.05, 0.1) is 13.0 Å². The number of ether oxygens (including phenoxy) is 2. The Kier molecular flexibility index (Phi) is 5.74. The van der Waals surface area contributed by atoms with Crippen LogP contribution in [-0.2, 0) is 30.3 Å². The van der Waals surface area contributed by atoms with E-state index in [2.05, 4.69) is 5.32 Å². The lowest BCUT2D eigenvalue weighted by atomic mass is 10.0. The molecule has 1 N–H and O–H groups in total. The number of amides is 1. The van der Waals surface area contributed by atoms with Crippen LogP contribution < -0.4 is 5.32 Å². The number of nitrogens with one attached hydrogen (secondary N) is 1. The van der Waals surface area contributed by atoms with Crippen LogP contribution in [0.3, 0.4) is 0 Å². The van der Waals surface area contributed by atoms with Crippen LogP contribution in [0.1, 0.15) is 25.8 Å². The van der Waals surface area contributed by atoms with Gasteiger partial charge in [-0.3, -0.25) is 4.79 Å². The zero-order valence-corrected chi connectivity index (χ0v) is 15.4. The Morgan fingerprint density at radius 2 is 1.93 bits per heavy atom. The van der Waals surface area contributed by atoms with E-state index < -0.39 is 24.1 Å². The van der Waals surface area contributed by atoms with E-state index in [4.69, 9.17) is 9.47 Å². The minimum Gasteiger partial charge on any atom is -0.463 e. The molecule has 0 unspecified atom stereocenters. The van der Waals surface area contributed by atoms with Crippen molar-refractivity contribution in [2.75, 3.05) is 6.61 Å². The van der Waals surface area contributed by atoms with E-state index in [0.717, 1.165) is 16.3 Å². The molecule has 27 heavy (non-hydrogen) atoms. The van der Waals surface area contributed by atoms with Crippen LogP contribution in [-0.4, -0.2) is 36.6 Å². The van der Waals surface area contributed by atoms with Gasteiger partial charge in [-0.25, -0.2) is 9.59 Å². The summed E-state index contributed by atoms with van der Waals surface area (Å²) >= 11 is 0. The molecular formula is C21H23NO5. The first kappa shape index (κ1) is 18.9. The molecule has 1 aliphatic heterocycles. The highest BCUT2D eigenvalue weighted by Gasteiger charge is 2.34. The van der Waals surface area contributed by atoms with Crippen molar-refractivity contribution in [1.82, 2.24) is 5.32 Å². The monoisotopic (exact) mass is 369 g/mol. The molecule has 1 fully saturated rings. The molecule has 2 aromatic carbocycles. The van der Waals surface area contributed by atoms with Crippen LogP contribution in [0.4, 0.5) is 0 Å². The highest BCUT2D eigenvalue weighted by molar-refractivity contribution is 5.92. The van der Waals surface area contributed by atoms with Gasteiger partial charge in [-0.15, -0.1) is 0 Å². The minimum absolute atomic E-state index is 0.156. The molecule has 0 bridgehead atoms. The molecule has 142 valence electrons. The largest absolute Gasteiger partial charge is 0.463 e. The normalized spacial score (nSPS) is 17.6. The highest BCUT2D eigenvalue weighted by atomic mass is 16.6. The number of rotatable bonds is 6. The Morgan fingerprint density at radius 3 is 2.63 bits per heavy atom. The maximum Gasteiger partial charge on any atom is 0.347 e. The zero-order chi connectivity index (χ0) is 19.4. The molecule has 6 heteroatoms. The second-order valence-electron chi connectivity index (χ2n) is 6.99. The van der Waals surface area contributed by atoms with E-state index in [1.165, 1.54) is 0 Å². The van der Waals surface area contributed by atoms with E-state index in [9.17, 15) is 14.4 Å². The first-order valence-electron chi connectivity index (χ1n) is 9.09. The molecule has 0 saturated carbocycles. The Hall–Kier alpha value is -2.89. The maximum absolute atomic E-state index is 12.6. The van der Waals surface area contributed by atoms with Crippen LogP contribution in [0, 0.1) is 5.92 Å². The lowest BCUT2D eigenvalue weighted by Gasteiger charge is -2.22. The third-order valence-electron chi connectivity index (χ3n) is 4.61. The summed E-state index contributed by atoms with van der Waals surface area (Å²) in [5.74, 6) is -1.59. The van der Waals surface area contributed by atoms with Gasteiger partial charge < -0.3 is 14.8 Å². The molecule has 1 aliphatic rings. The lowest BCUT2D eigenvalue weighted by Crippen LogP contribution is -2.47. The van der Waals surface area contributed by atoms with Gasteiger partial charge in [0.1, 0.15) is 6.04 Å². The smallest absolute Gasteiger partial charge is 0.347 e. The molecule has 0 aromatic heterocycles. The van der Waals surface area contributed by atoms with Gasteiger partial charge in [0.15, 0.2) is 0 Å². The molecule has 1 saturated heterocycles. The molecule has 0 aliphatic carbocycles. The number of benzene rings is 2. The van der Waals surface area contributed by atoms with Gasteiger partial charge in [0, 0.05) is 6.42 Å². The minimum atomic E-state index is -0.881. The molecule has 6 nitrogen and oxygen atoms in total. The van der Waals surface area contributed by atoms with Crippen molar-refractivity contribution in [3.05, 3.63) is 48.0 Å². The van der Waals surface area contributed by atoms with Crippen LogP contribution in [0.25, 0.3) is 10.8 Å². The summed E-state index contributed by atoms with van der Waals surface area (Å²) in [6.45, 7) is 3.88. The molecule has 1 heterocycles. The van der Waals surface area contributed by atoms with E-state index >= 15 is 0 Å². The number of hydrogen-bond acceptors (Lipinski definition) is 5. The predicted octanol–water partition coefficient (Wildman–Crippen LogP) is 2.38. The van der Waals surface area contributed by atoms with Crippen molar-refractivity contribution >= 4 is 28.6 Å². The Balaban J connectivity index is 1.68. The van der Waals surface area contributed by atoms with E-state index in [1.54, 1.807) is 0 Å². The first-order valence-corrected chi connectivity index (χ1v) is 9.09. The average Bonchev–Trinajstić information content (AvgIpc) is 3.04. The third-order valence-corrected chi connectivity index (χ3v) is 4.61. The predicted molar refractivity (Wildman–Crippen MR) is 99.9 cm³/mol. The fourth-order valence-corrected chi connectivity index (χ4v) is 3.14. The molecule has 0 radical (unpaired) electrons. The Labute approximate surface area is 157 Å². The van der Waals surface area contributed by atoms with Gasteiger partial charge in [-0.1, -0.05) is 56.3 Å². The summed E-state index contributed by atoms with van der Waals surface area (Å²) in [5, 5.41) is 4.82. The third kappa shape index (κ3) is 4.45. The Morgan fingerprint density at radius 1 is 1.19 bits per heavy atom. The number of esters is 2. The second kappa shape index (κ2) is 8.20. The quantitative estimate of drug-likeness (QED) is 0.791. The van der Waals surface area contributed by atoms with Crippen molar-refractivity contribution in [2.45, 2.75) is 38.8 Å². The first-order chi connectivity index (χ1) is 13.0. The summed E-state index contributed by atoms with van der Waals surface area (Å²) in [4.78, 5) is 36.5. The van der Waals surface area contributed by atoms with Crippen molar-refractivity contribution < 1.29 is 23.9 Å². The highest BCUT2D eigenvalue weighted by Crippen LogP contribution is 2.19. The van der Waals surface area contributed by atoms with Crippen LogP contribution in [0.5, 0.6) is 0 Å². The van der Waals surface area contributed by atoms with E-state index in [0.29, 0.717) is 6.42 Å². The van der Waals surface area contributed by atoms with Gasteiger partial charge in [-0.2, -0.15) is 0 Å². The topological polar surface area (TPSA) is 81.7 Å². The molecule has 0 spiro atoms. The average molecular weight is 369 g/mol. The van der Waals surface area contributed by atoms with Crippen LogP contribution in [0.2, 0.25) is 0 Å². The summed E-state index contributed by atoms with van der Waals surface area (Å²) in [6, 6.07) is 12.8. The fourth-order valence-electron chi connectivity index (χ4n) is 3.14. The molecular weight excluding hydrogens is 346 g/mol. The van der Waals surface area contributed by atoms with Crippen molar-refractivity contribution in [3.63, 3.8) is 0 Å². The summed E-state index contributed by atoms with van der Waals surface area (Å²) < 4.78 is 10.0. The second-order valence-corrected chi connectivity index (χ2v) is 6.99. The maximum atomic E-state index is 12.6. The molecule has 2 aromatic rings. The van der Waals surface area contributed by atoms with Gasteiger partial charge in [-0.05, 0) is 22.3 Å². The number of hydrogen-bond donors (Lipinski definition) is 1. The van der Waals surface area contributed by atoms with Gasteiger partial charge in [0.2, 0.25) is 12.0 Å². The molecule has 3 rings (SSSR count). The summed E-state index contributed by atoms with van der Waals surface area (Å²) in [6.07, 6.45) is -0.378. The number of cyclic esters (lactones) is 1. The standard InChI is InChI=1S/C21H23NO5/c1-13(2)19(21(25)27-17-10-11-26-20(17)24)22-18(23)12-15-8-5-7-14-6-3-4-9-16(14)15/h3-9,13,17,19H,10-12H2,1-2H3,(H,22,23)/t17-,19-/m0/s1. The van der Waals surface area contributed by atoms with E-state index in [-0.39, 0.29) is 24.9 Å². The van der Waals surface area contributed by atoms with E-state index in [1.807, 2.05) is 56.3 Å². The number of carbonyl (C=O) groups is 3. The van der Waals surface area contributed by atoms with Crippen molar-refractivity contribution in [3.8, 4) is 0 Å². The SMILES string of the molecule is CC(C)[C@H](NC(=O)Cc1cccc2ccccc12)C(=O)O[C@H]1CCOC1=O. The zero-order valence-electron chi connectivity index (χ0n) is 15.4. The number of carbonyl (C=O) groups excluding carboxylic acids is 3. The van der Waals surface area contributed by atoms with Gasteiger partial charge in [0.25, 0.3) is 0 Å². The van der Waals surface area contributed by atoms with Crippen LogP contribution >= 0.6 is 0 Å². The Bertz CT molecular complexity index is 855. The molecule has 1 amide bonds. The lowest BCUT2D eigenvalue weighted by molar-refractivity contribution is -0.163. The van der Waals surface area contributed by atoms with Crippen molar-refractivity contribution in [1.29, 1.82) is 0 Å².